The van der Waals surface area contributed by atoms with Crippen molar-refractivity contribution in [3.05, 3.63) is 72.1 Å². The Kier molecular flexibility index (Phi) is 2.80. The Morgan fingerprint density at radius 1 is 1.22 bits per heavy atom. The average Bonchev–Trinajstić information content (AvgIpc) is 2.91. The molecular weight excluding hydrogens is 220 g/mol. The van der Waals surface area contributed by atoms with Gasteiger partial charge in [-0.3, -0.25) is 5.32 Å². The summed E-state index contributed by atoms with van der Waals surface area (Å²) in [5.74, 6) is 0. The van der Waals surface area contributed by atoms with Crippen LogP contribution in [-0.2, 0) is 0 Å². The number of nitrogens with two attached hydrogens (primary N) is 1. The average molecular weight is 239 g/mol. The Bertz CT molecular complexity index is 513. The maximum atomic E-state index is 3.47. The van der Waals surface area contributed by atoms with Gasteiger partial charge in [-0.25, -0.2) is 0 Å². The topological polar surface area (TPSA) is 28.6 Å². The molecule has 0 spiro atoms. The molecule has 2 atom stereocenters. The summed E-state index contributed by atoms with van der Waals surface area (Å²) in [5, 5.41) is 5.82. The monoisotopic (exact) mass is 239 g/mol. The van der Waals surface area contributed by atoms with E-state index in [1.807, 2.05) is 0 Å². The minimum atomic E-state index is 0.144. The van der Waals surface area contributed by atoms with Gasteiger partial charge in [-0.15, -0.1) is 0 Å². The fraction of sp³-hybridized carbons (Fsp3) is 0.250. The first kappa shape index (κ1) is 11.3. The smallest absolute Gasteiger partial charge is 0.190 e. The third kappa shape index (κ3) is 2.00. The van der Waals surface area contributed by atoms with E-state index >= 15 is 0 Å². The first-order chi connectivity index (χ1) is 8.78. The second-order valence-electron chi connectivity index (χ2n) is 5.23. The van der Waals surface area contributed by atoms with E-state index in [4.69, 9.17) is 0 Å². The summed E-state index contributed by atoms with van der Waals surface area (Å²) in [4.78, 5) is 0. The molecule has 0 bridgehead atoms. The van der Waals surface area contributed by atoms with Crippen molar-refractivity contribution >= 4 is 0 Å². The first-order valence-corrected chi connectivity index (χ1v) is 6.49. The Hall–Kier alpha value is -1.80. The molecule has 18 heavy (non-hydrogen) atoms. The molecule has 3 rings (SSSR count). The summed E-state index contributed by atoms with van der Waals surface area (Å²) in [6.07, 6.45) is 12.4. The van der Waals surface area contributed by atoms with E-state index in [0.717, 1.165) is 6.42 Å². The number of nitrogens with one attached hydrogen (secondary N) is 1. The number of hydrogen-bond acceptors (Lipinski definition) is 1. The van der Waals surface area contributed by atoms with Gasteiger partial charge in [0.25, 0.3) is 0 Å². The van der Waals surface area contributed by atoms with Crippen LogP contribution in [-0.4, -0.2) is 0 Å². The van der Waals surface area contributed by atoms with Crippen LogP contribution in [0.3, 0.4) is 0 Å². The standard InChI is InChI=1S/C16H18N2/c1-16(10-6-3-7-11-16)14-12-17-15(18-14)13-8-4-2-5-9-13/h2-10,12,15,17-18H,11H2,1H3/p+1. The normalized spacial score (nSPS) is 30.1. The number of allylic oxidation sites excluding steroid dienone is 4. The van der Waals surface area contributed by atoms with Crippen molar-refractivity contribution in [2.45, 2.75) is 19.5 Å². The van der Waals surface area contributed by atoms with Crippen molar-refractivity contribution in [2.24, 2.45) is 5.41 Å². The number of quaternary nitrogens is 1. The molecule has 1 aliphatic heterocycles. The van der Waals surface area contributed by atoms with Crippen LogP contribution in [0.4, 0.5) is 0 Å². The Balaban J connectivity index is 1.75. The second-order valence-corrected chi connectivity index (χ2v) is 5.23. The Morgan fingerprint density at radius 3 is 2.78 bits per heavy atom. The van der Waals surface area contributed by atoms with E-state index in [0.29, 0.717) is 6.17 Å². The predicted molar refractivity (Wildman–Crippen MR) is 73.3 cm³/mol. The van der Waals surface area contributed by atoms with E-state index < -0.39 is 0 Å². The molecule has 3 N–H and O–H groups in total. The maximum absolute atomic E-state index is 3.47. The minimum Gasteiger partial charge on any atom is -0.334 e. The van der Waals surface area contributed by atoms with Gasteiger partial charge in [0, 0.05) is 5.56 Å². The van der Waals surface area contributed by atoms with Crippen molar-refractivity contribution < 1.29 is 5.32 Å². The number of hydrogen-bond donors (Lipinski definition) is 2. The molecule has 1 aromatic carbocycles. The fourth-order valence-corrected chi connectivity index (χ4v) is 2.60. The first-order valence-electron chi connectivity index (χ1n) is 6.49. The van der Waals surface area contributed by atoms with Gasteiger partial charge < -0.3 is 5.32 Å². The predicted octanol–water partition coefficient (Wildman–Crippen LogP) is 2.22. The van der Waals surface area contributed by atoms with Crippen LogP contribution in [0, 0.1) is 5.41 Å². The third-order valence-corrected chi connectivity index (χ3v) is 3.84. The molecule has 0 saturated heterocycles. The van der Waals surface area contributed by atoms with E-state index in [2.05, 4.69) is 78.4 Å². The van der Waals surface area contributed by atoms with Gasteiger partial charge >= 0.3 is 0 Å². The van der Waals surface area contributed by atoms with Gasteiger partial charge in [-0.2, -0.15) is 0 Å². The molecule has 2 nitrogen and oxygen atoms in total. The van der Waals surface area contributed by atoms with Crippen LogP contribution in [0.15, 0.2) is 66.5 Å². The lowest BCUT2D eigenvalue weighted by Gasteiger charge is -2.25. The maximum Gasteiger partial charge on any atom is 0.190 e. The van der Waals surface area contributed by atoms with Crippen molar-refractivity contribution in [3.63, 3.8) is 0 Å². The van der Waals surface area contributed by atoms with E-state index in [1.54, 1.807) is 0 Å². The molecule has 0 saturated carbocycles. The van der Waals surface area contributed by atoms with Gasteiger partial charge in [-0.05, 0) is 13.3 Å². The lowest BCUT2D eigenvalue weighted by Crippen LogP contribution is -2.84. The molecule has 1 aliphatic carbocycles. The second kappa shape index (κ2) is 4.46. The molecule has 2 unspecified atom stereocenters. The van der Waals surface area contributed by atoms with Gasteiger partial charge in [0.15, 0.2) is 6.17 Å². The molecule has 0 amide bonds. The minimum absolute atomic E-state index is 0.144. The molecule has 0 aromatic heterocycles. The zero-order valence-corrected chi connectivity index (χ0v) is 10.6. The van der Waals surface area contributed by atoms with Gasteiger partial charge in [0.05, 0.1) is 11.6 Å². The van der Waals surface area contributed by atoms with Crippen LogP contribution in [0.5, 0.6) is 0 Å². The lowest BCUT2D eigenvalue weighted by molar-refractivity contribution is -0.652. The highest BCUT2D eigenvalue weighted by molar-refractivity contribution is 5.26. The highest BCUT2D eigenvalue weighted by Gasteiger charge is 2.35. The third-order valence-electron chi connectivity index (χ3n) is 3.84. The molecule has 0 radical (unpaired) electrons. The summed E-state index contributed by atoms with van der Waals surface area (Å²) in [7, 11) is 0. The van der Waals surface area contributed by atoms with Gasteiger partial charge in [-0.1, -0.05) is 54.6 Å². The summed E-state index contributed by atoms with van der Waals surface area (Å²) in [6, 6.07) is 10.6. The van der Waals surface area contributed by atoms with E-state index in [-0.39, 0.29) is 5.41 Å². The zero-order valence-electron chi connectivity index (χ0n) is 10.6. The van der Waals surface area contributed by atoms with Crippen LogP contribution < -0.4 is 10.6 Å². The van der Waals surface area contributed by atoms with Crippen LogP contribution in [0.2, 0.25) is 0 Å². The van der Waals surface area contributed by atoms with Crippen molar-refractivity contribution in [2.75, 3.05) is 0 Å². The summed E-state index contributed by atoms with van der Waals surface area (Å²) in [6.45, 7) is 2.30. The highest BCUT2D eigenvalue weighted by Crippen LogP contribution is 2.33. The molecule has 2 heteroatoms. The highest BCUT2D eigenvalue weighted by atomic mass is 15.2. The molecule has 92 valence electrons. The summed E-state index contributed by atoms with van der Waals surface area (Å²) < 4.78 is 0. The van der Waals surface area contributed by atoms with Crippen molar-refractivity contribution in [1.29, 1.82) is 0 Å². The lowest BCUT2D eigenvalue weighted by atomic mass is 9.81. The summed E-state index contributed by atoms with van der Waals surface area (Å²) >= 11 is 0. The Morgan fingerprint density at radius 2 is 2.06 bits per heavy atom. The fourth-order valence-electron chi connectivity index (χ4n) is 2.60. The van der Waals surface area contributed by atoms with E-state index in [1.165, 1.54) is 11.3 Å². The van der Waals surface area contributed by atoms with Gasteiger partial charge in [0.1, 0.15) is 5.70 Å². The number of rotatable bonds is 2. The van der Waals surface area contributed by atoms with Gasteiger partial charge in [0.2, 0.25) is 0 Å². The van der Waals surface area contributed by atoms with Crippen LogP contribution in [0.1, 0.15) is 25.1 Å². The van der Waals surface area contributed by atoms with Crippen molar-refractivity contribution in [1.82, 2.24) is 5.32 Å². The van der Waals surface area contributed by atoms with Crippen LogP contribution in [0.25, 0.3) is 0 Å². The molecule has 1 heterocycles. The SMILES string of the molecule is CC1(C2=CNC(c3ccccc3)[NH2+]2)C=CC=CC1. The number of benzene rings is 1. The quantitative estimate of drug-likeness (QED) is 0.814. The van der Waals surface area contributed by atoms with Crippen LogP contribution >= 0.6 is 0 Å². The largest absolute Gasteiger partial charge is 0.334 e. The molecule has 0 fully saturated rings. The zero-order chi connectivity index (χ0) is 12.4. The Labute approximate surface area is 108 Å². The van der Waals surface area contributed by atoms with E-state index in [9.17, 15) is 0 Å². The molecular formula is C16H19N2+. The molecule has 2 aliphatic rings. The summed E-state index contributed by atoms with van der Waals surface area (Å²) in [5.41, 5.74) is 2.85. The molecule has 1 aromatic rings. The van der Waals surface area contributed by atoms with Crippen molar-refractivity contribution in [3.8, 4) is 0 Å².